The molecule has 4 rings (SSSR count). The van der Waals surface area contributed by atoms with Crippen LogP contribution in [0.3, 0.4) is 0 Å². The maximum atomic E-state index is 12.6. The first-order chi connectivity index (χ1) is 15.4. The van der Waals surface area contributed by atoms with Gasteiger partial charge >= 0.3 is 0 Å². The molecule has 1 N–H and O–H groups in total. The van der Waals surface area contributed by atoms with Crippen molar-refractivity contribution in [2.45, 2.75) is 38.8 Å². The normalized spacial score (nSPS) is 17.8. The van der Waals surface area contributed by atoms with E-state index in [0.29, 0.717) is 31.1 Å². The van der Waals surface area contributed by atoms with Gasteiger partial charge in [0.15, 0.2) is 0 Å². The van der Waals surface area contributed by atoms with Crippen LogP contribution in [0, 0.1) is 6.92 Å². The fraction of sp³-hybridized carbons (Fsp3) is 0.440. The maximum absolute atomic E-state index is 12.6. The number of nitrogens with zero attached hydrogens (tertiary/aromatic N) is 2. The zero-order valence-corrected chi connectivity index (χ0v) is 19.0. The number of amides is 2. The number of hydrogen-bond acceptors (Lipinski definition) is 5. The third kappa shape index (κ3) is 4.88. The molecule has 0 aromatic heterocycles. The second-order valence-corrected chi connectivity index (χ2v) is 8.80. The van der Waals surface area contributed by atoms with E-state index in [-0.39, 0.29) is 11.8 Å². The Morgan fingerprint density at radius 2 is 1.91 bits per heavy atom. The number of piperidine rings is 1. The highest BCUT2D eigenvalue weighted by Crippen LogP contribution is 2.36. The molecule has 7 nitrogen and oxygen atoms in total. The fourth-order valence-electron chi connectivity index (χ4n) is 4.55. The summed E-state index contributed by atoms with van der Waals surface area (Å²) in [6, 6.07) is 13.6. The van der Waals surface area contributed by atoms with Gasteiger partial charge in [0.1, 0.15) is 17.1 Å². The topological polar surface area (TPSA) is 71.1 Å². The average Bonchev–Trinajstić information content (AvgIpc) is 2.92. The molecule has 32 heavy (non-hydrogen) atoms. The summed E-state index contributed by atoms with van der Waals surface area (Å²) in [6.45, 7) is 6.56. The molecular weight excluding hydrogens is 406 g/mol. The van der Waals surface area contributed by atoms with Crippen LogP contribution in [0.25, 0.3) is 0 Å². The monoisotopic (exact) mass is 437 g/mol. The Kier molecular flexibility index (Phi) is 6.37. The molecule has 0 aliphatic carbocycles. The lowest BCUT2D eigenvalue weighted by molar-refractivity contribution is -0.132. The highest BCUT2D eigenvalue weighted by Gasteiger charge is 2.41. The van der Waals surface area contributed by atoms with Gasteiger partial charge in [-0.3, -0.25) is 14.5 Å². The van der Waals surface area contributed by atoms with Gasteiger partial charge in [-0.2, -0.15) is 0 Å². The molecule has 0 bridgehead atoms. The number of carbonyl (C=O) groups excluding carboxylic acids is 2. The number of methoxy groups -OCH3 is 1. The predicted octanol–water partition coefficient (Wildman–Crippen LogP) is 3.22. The van der Waals surface area contributed by atoms with Crippen LogP contribution in [-0.4, -0.2) is 60.5 Å². The SMILES string of the molecule is COc1ccccc1NC(=O)CN1CCC2(CC1)CN(C(C)=O)Cc1cc(C)ccc1O2. The molecule has 2 aliphatic rings. The second-order valence-electron chi connectivity index (χ2n) is 8.80. The molecule has 2 aromatic rings. The van der Waals surface area contributed by atoms with Gasteiger partial charge in [0, 0.05) is 45.0 Å². The maximum Gasteiger partial charge on any atom is 0.238 e. The first kappa shape index (κ1) is 22.1. The van der Waals surface area contributed by atoms with Crippen LogP contribution in [0.15, 0.2) is 42.5 Å². The number of fused-ring (bicyclic) bond motifs is 1. The Balaban J connectivity index is 1.41. The highest BCUT2D eigenvalue weighted by molar-refractivity contribution is 5.93. The van der Waals surface area contributed by atoms with Gasteiger partial charge < -0.3 is 19.7 Å². The smallest absolute Gasteiger partial charge is 0.238 e. The minimum Gasteiger partial charge on any atom is -0.495 e. The van der Waals surface area contributed by atoms with E-state index >= 15 is 0 Å². The van der Waals surface area contributed by atoms with Gasteiger partial charge in [-0.25, -0.2) is 0 Å². The van der Waals surface area contributed by atoms with E-state index in [0.717, 1.165) is 42.8 Å². The van der Waals surface area contributed by atoms with Crippen molar-refractivity contribution < 1.29 is 19.1 Å². The lowest BCUT2D eigenvalue weighted by Gasteiger charge is -2.42. The van der Waals surface area contributed by atoms with Crippen LogP contribution >= 0.6 is 0 Å². The van der Waals surface area contributed by atoms with E-state index in [9.17, 15) is 9.59 Å². The summed E-state index contributed by atoms with van der Waals surface area (Å²) < 4.78 is 11.9. The zero-order valence-electron chi connectivity index (χ0n) is 19.0. The lowest BCUT2D eigenvalue weighted by atomic mass is 9.90. The van der Waals surface area contributed by atoms with Crippen molar-refractivity contribution >= 4 is 17.5 Å². The molecule has 2 amide bonds. The minimum absolute atomic E-state index is 0.0564. The van der Waals surface area contributed by atoms with Crippen molar-refractivity contribution in [3.05, 3.63) is 53.6 Å². The molecule has 1 spiro atoms. The van der Waals surface area contributed by atoms with Crippen LogP contribution in [0.2, 0.25) is 0 Å². The van der Waals surface area contributed by atoms with Crippen molar-refractivity contribution in [2.75, 3.05) is 38.6 Å². The van der Waals surface area contributed by atoms with Crippen LogP contribution in [0.4, 0.5) is 5.69 Å². The molecule has 2 aliphatic heterocycles. The standard InChI is InChI=1S/C25H31N3O4/c1-18-8-9-22-20(14-18)15-28(19(2)29)17-25(32-22)10-12-27(13-11-25)16-24(30)26-21-6-4-5-7-23(21)31-3/h4-9,14H,10-13,15-17H2,1-3H3,(H,26,30). The molecular formula is C25H31N3O4. The largest absolute Gasteiger partial charge is 0.495 e. The van der Waals surface area contributed by atoms with E-state index in [1.54, 1.807) is 14.0 Å². The van der Waals surface area contributed by atoms with Gasteiger partial charge in [-0.15, -0.1) is 0 Å². The van der Waals surface area contributed by atoms with E-state index in [4.69, 9.17) is 9.47 Å². The summed E-state index contributed by atoms with van der Waals surface area (Å²) in [6.07, 6.45) is 1.51. The highest BCUT2D eigenvalue weighted by atomic mass is 16.5. The number of ether oxygens (including phenoxy) is 2. The summed E-state index contributed by atoms with van der Waals surface area (Å²) in [5.74, 6) is 1.49. The summed E-state index contributed by atoms with van der Waals surface area (Å²) in [5.41, 5.74) is 2.45. The quantitative estimate of drug-likeness (QED) is 0.795. The van der Waals surface area contributed by atoms with Crippen LogP contribution in [-0.2, 0) is 16.1 Å². The Hall–Kier alpha value is -3.06. The van der Waals surface area contributed by atoms with Gasteiger partial charge in [0.05, 0.1) is 25.9 Å². The number of anilines is 1. The first-order valence-corrected chi connectivity index (χ1v) is 11.1. The fourth-order valence-corrected chi connectivity index (χ4v) is 4.55. The van der Waals surface area contributed by atoms with Crippen LogP contribution < -0.4 is 14.8 Å². The molecule has 1 fully saturated rings. The zero-order chi connectivity index (χ0) is 22.7. The molecule has 0 saturated carbocycles. The number of rotatable bonds is 4. The predicted molar refractivity (Wildman–Crippen MR) is 123 cm³/mol. The second kappa shape index (κ2) is 9.20. The van der Waals surface area contributed by atoms with E-state index < -0.39 is 5.60 Å². The first-order valence-electron chi connectivity index (χ1n) is 11.1. The Labute approximate surface area is 189 Å². The number of carbonyl (C=O) groups is 2. The van der Waals surface area contributed by atoms with Crippen LogP contribution in [0.5, 0.6) is 11.5 Å². The van der Waals surface area contributed by atoms with Crippen molar-refractivity contribution in [3.8, 4) is 11.5 Å². The third-order valence-corrected chi connectivity index (χ3v) is 6.34. The Morgan fingerprint density at radius 1 is 1.16 bits per heavy atom. The van der Waals surface area contributed by atoms with E-state index in [1.165, 1.54) is 0 Å². The van der Waals surface area contributed by atoms with Gasteiger partial charge in [-0.05, 0) is 25.1 Å². The number of aryl methyl sites for hydroxylation is 1. The van der Waals surface area contributed by atoms with E-state index in [2.05, 4.69) is 16.3 Å². The van der Waals surface area contributed by atoms with Crippen LogP contribution in [0.1, 0.15) is 30.9 Å². The summed E-state index contributed by atoms with van der Waals surface area (Å²) >= 11 is 0. The number of benzene rings is 2. The number of nitrogens with one attached hydrogen (secondary N) is 1. The number of para-hydroxylation sites is 2. The van der Waals surface area contributed by atoms with Gasteiger partial charge in [0.25, 0.3) is 0 Å². The van der Waals surface area contributed by atoms with Crippen molar-refractivity contribution in [1.82, 2.24) is 9.80 Å². The van der Waals surface area contributed by atoms with Crippen molar-refractivity contribution in [2.24, 2.45) is 0 Å². The molecule has 2 aromatic carbocycles. The molecule has 1 saturated heterocycles. The van der Waals surface area contributed by atoms with E-state index in [1.807, 2.05) is 48.2 Å². The number of likely N-dealkylation sites (tertiary alicyclic amines) is 1. The molecule has 7 heteroatoms. The summed E-state index contributed by atoms with van der Waals surface area (Å²) in [5, 5.41) is 2.94. The summed E-state index contributed by atoms with van der Waals surface area (Å²) in [7, 11) is 1.59. The Morgan fingerprint density at radius 3 is 2.62 bits per heavy atom. The average molecular weight is 438 g/mol. The number of hydrogen-bond donors (Lipinski definition) is 1. The third-order valence-electron chi connectivity index (χ3n) is 6.34. The molecule has 0 atom stereocenters. The van der Waals surface area contributed by atoms with Crippen molar-refractivity contribution in [3.63, 3.8) is 0 Å². The minimum atomic E-state index is -0.429. The Bertz CT molecular complexity index is 998. The molecule has 0 unspecified atom stereocenters. The molecule has 170 valence electrons. The van der Waals surface area contributed by atoms with Gasteiger partial charge in [-0.1, -0.05) is 29.8 Å². The molecule has 2 heterocycles. The molecule has 0 radical (unpaired) electrons. The van der Waals surface area contributed by atoms with Crippen molar-refractivity contribution in [1.29, 1.82) is 0 Å². The van der Waals surface area contributed by atoms with Gasteiger partial charge in [0.2, 0.25) is 11.8 Å². The lowest BCUT2D eigenvalue weighted by Crippen LogP contribution is -2.54. The summed E-state index contributed by atoms with van der Waals surface area (Å²) in [4.78, 5) is 28.9.